The van der Waals surface area contributed by atoms with Crippen molar-refractivity contribution in [3.63, 3.8) is 0 Å². The molecule has 3 rings (SSSR count). The molecule has 1 aromatic carbocycles. The molecule has 0 radical (unpaired) electrons. The maximum Gasteiger partial charge on any atom is 0.178 e. The third-order valence-electron chi connectivity index (χ3n) is 4.10. The van der Waals surface area contributed by atoms with E-state index in [-0.39, 0.29) is 5.78 Å². The fourth-order valence-electron chi connectivity index (χ4n) is 3.03. The number of nitrogens with one attached hydrogen (secondary N) is 1. The van der Waals surface area contributed by atoms with Crippen molar-refractivity contribution in [2.24, 2.45) is 7.05 Å². The van der Waals surface area contributed by atoms with E-state index in [0.29, 0.717) is 12.6 Å². The van der Waals surface area contributed by atoms with Gasteiger partial charge in [-0.05, 0) is 18.9 Å². The van der Waals surface area contributed by atoms with Gasteiger partial charge < -0.3 is 9.88 Å². The van der Waals surface area contributed by atoms with E-state index in [4.69, 9.17) is 0 Å². The van der Waals surface area contributed by atoms with E-state index >= 15 is 0 Å². The quantitative estimate of drug-likeness (QED) is 0.853. The molecule has 0 unspecified atom stereocenters. The predicted octanol–water partition coefficient (Wildman–Crippen LogP) is 2.89. The van der Waals surface area contributed by atoms with Crippen molar-refractivity contribution < 1.29 is 4.79 Å². The van der Waals surface area contributed by atoms with E-state index in [9.17, 15) is 4.79 Å². The first-order valence-electron chi connectivity index (χ1n) is 7.06. The Labute approximate surface area is 113 Å². The van der Waals surface area contributed by atoms with Crippen molar-refractivity contribution in [1.82, 2.24) is 9.88 Å². The number of fused-ring (bicyclic) bond motifs is 1. The van der Waals surface area contributed by atoms with Crippen LogP contribution < -0.4 is 5.32 Å². The van der Waals surface area contributed by atoms with Gasteiger partial charge in [-0.3, -0.25) is 4.79 Å². The van der Waals surface area contributed by atoms with E-state index in [0.717, 1.165) is 16.5 Å². The van der Waals surface area contributed by atoms with Crippen LogP contribution in [0.15, 0.2) is 30.5 Å². The Balaban J connectivity index is 1.77. The Morgan fingerprint density at radius 3 is 2.84 bits per heavy atom. The van der Waals surface area contributed by atoms with Crippen LogP contribution in [0.2, 0.25) is 0 Å². The molecule has 100 valence electrons. The number of benzene rings is 1. The van der Waals surface area contributed by atoms with Gasteiger partial charge in [0.15, 0.2) is 5.78 Å². The van der Waals surface area contributed by atoms with Gasteiger partial charge in [-0.2, -0.15) is 0 Å². The molecule has 1 aliphatic rings. The van der Waals surface area contributed by atoms with Gasteiger partial charge in [0.2, 0.25) is 0 Å². The molecule has 1 aliphatic carbocycles. The molecule has 2 aromatic rings. The number of ketones is 1. The monoisotopic (exact) mass is 256 g/mol. The van der Waals surface area contributed by atoms with Crippen LogP contribution in [0.25, 0.3) is 10.9 Å². The molecule has 0 saturated heterocycles. The van der Waals surface area contributed by atoms with E-state index in [1.165, 1.54) is 25.7 Å². The highest BCUT2D eigenvalue weighted by molar-refractivity contribution is 6.09. The summed E-state index contributed by atoms with van der Waals surface area (Å²) in [4.78, 5) is 12.4. The molecule has 19 heavy (non-hydrogen) atoms. The lowest BCUT2D eigenvalue weighted by molar-refractivity contribution is 0.0989. The molecule has 1 heterocycles. The minimum Gasteiger partial charge on any atom is -0.350 e. The van der Waals surface area contributed by atoms with Gasteiger partial charge in [-0.1, -0.05) is 31.0 Å². The van der Waals surface area contributed by atoms with Crippen molar-refractivity contribution in [3.05, 3.63) is 36.0 Å². The summed E-state index contributed by atoms with van der Waals surface area (Å²) in [6.07, 6.45) is 6.95. The van der Waals surface area contributed by atoms with Crippen molar-refractivity contribution in [2.75, 3.05) is 6.54 Å². The number of aryl methyl sites for hydroxylation is 1. The molecule has 1 fully saturated rings. The summed E-state index contributed by atoms with van der Waals surface area (Å²) in [5, 5.41) is 4.45. The fourth-order valence-corrected chi connectivity index (χ4v) is 3.03. The summed E-state index contributed by atoms with van der Waals surface area (Å²) < 4.78 is 2.03. The van der Waals surface area contributed by atoms with Crippen LogP contribution in [0, 0.1) is 0 Å². The molecule has 0 amide bonds. The number of nitrogens with zero attached hydrogens (tertiary/aromatic N) is 1. The second-order valence-corrected chi connectivity index (χ2v) is 5.46. The fraction of sp³-hybridized carbons (Fsp3) is 0.438. The minimum atomic E-state index is 0.198. The molecular formula is C16H20N2O. The van der Waals surface area contributed by atoms with Gasteiger partial charge in [-0.15, -0.1) is 0 Å². The highest BCUT2D eigenvalue weighted by atomic mass is 16.1. The van der Waals surface area contributed by atoms with Gasteiger partial charge in [0.1, 0.15) is 0 Å². The Kier molecular flexibility index (Phi) is 3.38. The van der Waals surface area contributed by atoms with Crippen LogP contribution in [0.1, 0.15) is 36.0 Å². The topological polar surface area (TPSA) is 34.0 Å². The number of carbonyl (C=O) groups excluding carboxylic acids is 1. The molecule has 0 spiro atoms. The number of aromatic nitrogens is 1. The zero-order valence-electron chi connectivity index (χ0n) is 11.4. The van der Waals surface area contributed by atoms with Crippen molar-refractivity contribution >= 4 is 16.7 Å². The summed E-state index contributed by atoms with van der Waals surface area (Å²) >= 11 is 0. The number of rotatable bonds is 4. The molecule has 0 atom stereocenters. The zero-order chi connectivity index (χ0) is 13.2. The molecule has 0 aliphatic heterocycles. The Morgan fingerprint density at radius 1 is 1.32 bits per heavy atom. The van der Waals surface area contributed by atoms with E-state index in [2.05, 4.69) is 11.4 Å². The molecule has 3 heteroatoms. The maximum atomic E-state index is 12.4. The highest BCUT2D eigenvalue weighted by Gasteiger charge is 2.17. The van der Waals surface area contributed by atoms with Crippen molar-refractivity contribution in [3.8, 4) is 0 Å². The van der Waals surface area contributed by atoms with Crippen LogP contribution in [-0.2, 0) is 7.05 Å². The van der Waals surface area contributed by atoms with E-state index in [1.807, 2.05) is 36.0 Å². The number of hydrogen-bond acceptors (Lipinski definition) is 2. The van der Waals surface area contributed by atoms with Crippen molar-refractivity contribution in [1.29, 1.82) is 0 Å². The summed E-state index contributed by atoms with van der Waals surface area (Å²) in [6, 6.07) is 8.62. The maximum absolute atomic E-state index is 12.4. The average molecular weight is 256 g/mol. The second-order valence-electron chi connectivity index (χ2n) is 5.46. The van der Waals surface area contributed by atoms with Crippen molar-refractivity contribution in [2.45, 2.75) is 31.7 Å². The molecule has 1 saturated carbocycles. The van der Waals surface area contributed by atoms with Crippen LogP contribution in [0.4, 0.5) is 0 Å². The third-order valence-corrected chi connectivity index (χ3v) is 4.10. The zero-order valence-corrected chi connectivity index (χ0v) is 11.4. The standard InChI is InChI=1S/C16H20N2O/c1-18-11-14(13-8-4-5-9-15(13)18)16(19)10-17-12-6-2-3-7-12/h4-5,8-9,11-12,17H,2-3,6-7,10H2,1H3. The van der Waals surface area contributed by atoms with Crippen LogP contribution >= 0.6 is 0 Å². The van der Waals surface area contributed by atoms with Crippen LogP contribution in [-0.4, -0.2) is 22.9 Å². The van der Waals surface area contributed by atoms with Gasteiger partial charge in [0.25, 0.3) is 0 Å². The first-order chi connectivity index (χ1) is 9.25. The van der Waals surface area contributed by atoms with Crippen LogP contribution in [0.5, 0.6) is 0 Å². The van der Waals surface area contributed by atoms with Crippen LogP contribution in [0.3, 0.4) is 0 Å². The number of Topliss-reactive ketones (excluding diaryl/α,β-unsaturated/α-hetero) is 1. The van der Waals surface area contributed by atoms with E-state index < -0.39 is 0 Å². The highest BCUT2D eigenvalue weighted by Crippen LogP contribution is 2.21. The molecule has 1 aromatic heterocycles. The molecular weight excluding hydrogens is 236 g/mol. The SMILES string of the molecule is Cn1cc(C(=O)CNC2CCCC2)c2ccccc21. The first-order valence-corrected chi connectivity index (χ1v) is 7.06. The molecule has 3 nitrogen and oxygen atoms in total. The lowest BCUT2D eigenvalue weighted by atomic mass is 10.1. The number of para-hydroxylation sites is 1. The summed E-state index contributed by atoms with van der Waals surface area (Å²) in [7, 11) is 1.99. The molecule has 0 bridgehead atoms. The number of carbonyl (C=O) groups is 1. The lowest BCUT2D eigenvalue weighted by Crippen LogP contribution is -2.31. The summed E-state index contributed by atoms with van der Waals surface area (Å²) in [6.45, 7) is 0.457. The Bertz CT molecular complexity index is 594. The van der Waals surface area contributed by atoms with Gasteiger partial charge in [0, 0.05) is 35.8 Å². The van der Waals surface area contributed by atoms with E-state index in [1.54, 1.807) is 0 Å². The summed E-state index contributed by atoms with van der Waals surface area (Å²) in [5.41, 5.74) is 1.95. The normalized spacial score (nSPS) is 16.3. The third kappa shape index (κ3) is 2.43. The smallest absolute Gasteiger partial charge is 0.178 e. The number of hydrogen-bond donors (Lipinski definition) is 1. The average Bonchev–Trinajstić information content (AvgIpc) is 3.05. The van der Waals surface area contributed by atoms with Gasteiger partial charge in [-0.25, -0.2) is 0 Å². The summed E-state index contributed by atoms with van der Waals surface area (Å²) in [5.74, 6) is 0.198. The van der Waals surface area contributed by atoms with Gasteiger partial charge >= 0.3 is 0 Å². The van der Waals surface area contributed by atoms with Gasteiger partial charge in [0.05, 0.1) is 6.54 Å². The Morgan fingerprint density at radius 2 is 2.05 bits per heavy atom. The Hall–Kier alpha value is -1.61. The lowest BCUT2D eigenvalue weighted by Gasteiger charge is -2.10. The minimum absolute atomic E-state index is 0.198. The second kappa shape index (κ2) is 5.17. The molecule has 1 N–H and O–H groups in total. The predicted molar refractivity (Wildman–Crippen MR) is 77.5 cm³/mol. The first kappa shape index (κ1) is 12.4. The largest absolute Gasteiger partial charge is 0.350 e.